The van der Waals surface area contributed by atoms with Gasteiger partial charge in [0.25, 0.3) is 0 Å². The first-order chi connectivity index (χ1) is 14.7. The van der Waals surface area contributed by atoms with Crippen LogP contribution in [-0.2, 0) is 4.74 Å². The number of aromatic nitrogens is 1. The van der Waals surface area contributed by atoms with Crippen LogP contribution in [-0.4, -0.2) is 38.0 Å². The maximum Gasteiger partial charge on any atom is 0.350 e. The third-order valence-corrected chi connectivity index (χ3v) is 5.01. The molecule has 1 aromatic heterocycles. The molecule has 1 heterocycles. The molecule has 0 spiro atoms. The molecule has 0 aliphatic heterocycles. The van der Waals surface area contributed by atoms with Crippen LogP contribution in [0.15, 0.2) is 53.6 Å². The molecule has 7 nitrogen and oxygen atoms in total. The maximum atomic E-state index is 12.1. The molecule has 0 aliphatic rings. The van der Waals surface area contributed by atoms with Gasteiger partial charge < -0.3 is 14.2 Å². The van der Waals surface area contributed by atoms with Crippen LogP contribution < -0.4 is 14.9 Å². The molecule has 3 rings (SSSR count). The van der Waals surface area contributed by atoms with Gasteiger partial charge >= 0.3 is 5.97 Å². The largest absolute Gasteiger partial charge is 0.493 e. The van der Waals surface area contributed by atoms with Crippen LogP contribution >= 0.6 is 11.3 Å². The first kappa shape index (κ1) is 21.3. The minimum absolute atomic E-state index is 0.417. The molecule has 0 radical (unpaired) electrons. The molecule has 0 saturated heterocycles. The number of benzene rings is 2. The SMILES string of the molecule is CCCOc1ccc(/C=N\Nc2nc(-c3ccccc3)c(C(=O)OC)s2)cc1OC. The first-order valence-corrected chi connectivity index (χ1v) is 10.2. The predicted octanol–water partition coefficient (Wildman–Crippen LogP) is 4.84. The standard InChI is InChI=1S/C22H23N3O4S/c1-4-12-29-17-11-10-15(13-18(17)27-2)14-23-25-22-24-19(16-8-6-5-7-9-16)20(30-22)21(26)28-3/h5-11,13-14H,4,12H2,1-3H3,(H,24,25)/b23-14-. The van der Waals surface area contributed by atoms with Gasteiger partial charge in [0.15, 0.2) is 11.5 Å². The molecule has 0 fully saturated rings. The van der Waals surface area contributed by atoms with Gasteiger partial charge in [0.1, 0.15) is 4.88 Å². The molecule has 0 aliphatic carbocycles. The minimum Gasteiger partial charge on any atom is -0.493 e. The summed E-state index contributed by atoms with van der Waals surface area (Å²) >= 11 is 1.19. The molecule has 0 atom stereocenters. The summed E-state index contributed by atoms with van der Waals surface area (Å²) in [7, 11) is 2.95. The number of rotatable bonds is 9. The van der Waals surface area contributed by atoms with E-state index in [1.54, 1.807) is 13.3 Å². The van der Waals surface area contributed by atoms with Crippen LogP contribution in [0.5, 0.6) is 11.5 Å². The molecule has 2 aromatic carbocycles. The molecule has 156 valence electrons. The highest BCUT2D eigenvalue weighted by Gasteiger charge is 2.19. The summed E-state index contributed by atoms with van der Waals surface area (Å²) in [5.74, 6) is 0.899. The Morgan fingerprint density at radius 1 is 1.17 bits per heavy atom. The lowest BCUT2D eigenvalue weighted by atomic mass is 10.1. The Morgan fingerprint density at radius 2 is 1.97 bits per heavy atom. The summed E-state index contributed by atoms with van der Waals surface area (Å²) < 4.78 is 15.9. The Labute approximate surface area is 179 Å². The minimum atomic E-state index is -0.434. The van der Waals surface area contributed by atoms with E-state index in [4.69, 9.17) is 14.2 Å². The Morgan fingerprint density at radius 3 is 2.67 bits per heavy atom. The van der Waals surface area contributed by atoms with Gasteiger partial charge in [-0.25, -0.2) is 9.78 Å². The third kappa shape index (κ3) is 5.15. The molecule has 8 heteroatoms. The Balaban J connectivity index is 1.78. The van der Waals surface area contributed by atoms with E-state index in [0.29, 0.717) is 33.8 Å². The number of carbonyl (C=O) groups is 1. The lowest BCUT2D eigenvalue weighted by Crippen LogP contribution is -2.00. The van der Waals surface area contributed by atoms with Gasteiger partial charge in [0.05, 0.1) is 32.7 Å². The van der Waals surface area contributed by atoms with E-state index in [-0.39, 0.29) is 0 Å². The number of nitrogens with one attached hydrogen (secondary N) is 1. The summed E-state index contributed by atoms with van der Waals surface area (Å²) in [5, 5.41) is 4.72. The van der Waals surface area contributed by atoms with Crippen molar-refractivity contribution in [3.05, 3.63) is 59.0 Å². The van der Waals surface area contributed by atoms with Crippen molar-refractivity contribution in [2.24, 2.45) is 5.10 Å². The van der Waals surface area contributed by atoms with Crippen molar-refractivity contribution in [3.8, 4) is 22.8 Å². The predicted molar refractivity (Wildman–Crippen MR) is 119 cm³/mol. The molecule has 0 amide bonds. The lowest BCUT2D eigenvalue weighted by molar-refractivity contribution is 0.0607. The van der Waals surface area contributed by atoms with Crippen LogP contribution in [0.1, 0.15) is 28.6 Å². The van der Waals surface area contributed by atoms with Gasteiger partial charge in [-0.05, 0) is 30.2 Å². The van der Waals surface area contributed by atoms with Gasteiger partial charge in [0, 0.05) is 5.56 Å². The normalized spacial score (nSPS) is 10.8. The van der Waals surface area contributed by atoms with Crippen molar-refractivity contribution in [3.63, 3.8) is 0 Å². The maximum absolute atomic E-state index is 12.1. The smallest absolute Gasteiger partial charge is 0.350 e. The van der Waals surface area contributed by atoms with Gasteiger partial charge in [-0.1, -0.05) is 48.6 Å². The monoisotopic (exact) mass is 425 g/mol. The number of ether oxygens (including phenoxy) is 3. The summed E-state index contributed by atoms with van der Waals surface area (Å²) in [6, 6.07) is 15.0. The quantitative estimate of drug-likeness (QED) is 0.300. The Hall–Kier alpha value is -3.39. The van der Waals surface area contributed by atoms with Crippen molar-refractivity contribution in [1.29, 1.82) is 0 Å². The van der Waals surface area contributed by atoms with E-state index in [0.717, 1.165) is 17.5 Å². The number of nitrogens with zero attached hydrogens (tertiary/aromatic N) is 2. The first-order valence-electron chi connectivity index (χ1n) is 9.40. The molecule has 30 heavy (non-hydrogen) atoms. The van der Waals surface area contributed by atoms with Crippen molar-refractivity contribution in [2.45, 2.75) is 13.3 Å². The Bertz CT molecular complexity index is 1020. The summed E-state index contributed by atoms with van der Waals surface area (Å²) in [6.07, 6.45) is 2.57. The average molecular weight is 426 g/mol. The zero-order valence-electron chi connectivity index (χ0n) is 17.0. The number of carbonyl (C=O) groups excluding carboxylic acids is 1. The van der Waals surface area contributed by atoms with Gasteiger partial charge in [0.2, 0.25) is 5.13 Å². The lowest BCUT2D eigenvalue weighted by Gasteiger charge is -2.10. The van der Waals surface area contributed by atoms with Crippen LogP contribution in [0.4, 0.5) is 5.13 Å². The Kier molecular flexibility index (Phi) is 7.40. The summed E-state index contributed by atoms with van der Waals surface area (Å²) in [4.78, 5) is 17.1. The van der Waals surface area contributed by atoms with Gasteiger partial charge in [-0.2, -0.15) is 5.10 Å². The molecule has 1 N–H and O–H groups in total. The van der Waals surface area contributed by atoms with Crippen LogP contribution in [0.3, 0.4) is 0 Å². The number of methoxy groups -OCH3 is 2. The average Bonchev–Trinajstić information content (AvgIpc) is 3.22. The number of hydrogen-bond acceptors (Lipinski definition) is 8. The number of esters is 1. The highest BCUT2D eigenvalue weighted by molar-refractivity contribution is 7.17. The highest BCUT2D eigenvalue weighted by Crippen LogP contribution is 2.32. The second-order valence-corrected chi connectivity index (χ2v) is 7.18. The number of hydrazone groups is 1. The zero-order chi connectivity index (χ0) is 21.3. The van der Waals surface area contributed by atoms with Gasteiger partial charge in [-0.3, -0.25) is 5.43 Å². The second-order valence-electron chi connectivity index (χ2n) is 6.18. The fraction of sp³-hybridized carbons (Fsp3) is 0.227. The van der Waals surface area contributed by atoms with Crippen LogP contribution in [0.25, 0.3) is 11.3 Å². The molecule has 0 bridgehead atoms. The van der Waals surface area contributed by atoms with Crippen LogP contribution in [0.2, 0.25) is 0 Å². The van der Waals surface area contributed by atoms with Crippen molar-refractivity contribution >= 4 is 28.7 Å². The molecule has 0 saturated carbocycles. The molecular formula is C22H23N3O4S. The summed E-state index contributed by atoms with van der Waals surface area (Å²) in [6.45, 7) is 2.67. The number of anilines is 1. The van der Waals surface area contributed by atoms with E-state index in [2.05, 4.69) is 15.5 Å². The fourth-order valence-corrected chi connectivity index (χ4v) is 3.50. The van der Waals surface area contributed by atoms with Crippen LogP contribution in [0, 0.1) is 0 Å². The van der Waals surface area contributed by atoms with Crippen molar-refractivity contribution in [2.75, 3.05) is 26.3 Å². The summed E-state index contributed by atoms with van der Waals surface area (Å²) in [5.41, 5.74) is 5.11. The zero-order valence-corrected chi connectivity index (χ0v) is 17.9. The number of thiazole rings is 1. The van der Waals surface area contributed by atoms with E-state index < -0.39 is 5.97 Å². The van der Waals surface area contributed by atoms with E-state index in [9.17, 15) is 4.79 Å². The fourth-order valence-electron chi connectivity index (χ4n) is 2.65. The third-order valence-electron chi connectivity index (χ3n) is 4.07. The van der Waals surface area contributed by atoms with Crippen molar-refractivity contribution < 1.29 is 19.0 Å². The highest BCUT2D eigenvalue weighted by atomic mass is 32.1. The molecular weight excluding hydrogens is 402 g/mol. The topological polar surface area (TPSA) is 82.0 Å². The molecule has 0 unspecified atom stereocenters. The van der Waals surface area contributed by atoms with E-state index >= 15 is 0 Å². The molecule has 3 aromatic rings. The number of hydrogen-bond donors (Lipinski definition) is 1. The van der Waals surface area contributed by atoms with E-state index in [1.165, 1.54) is 18.4 Å². The second kappa shape index (κ2) is 10.4. The van der Waals surface area contributed by atoms with Crippen molar-refractivity contribution in [1.82, 2.24) is 4.98 Å². The van der Waals surface area contributed by atoms with E-state index in [1.807, 2.05) is 55.5 Å². The van der Waals surface area contributed by atoms with Gasteiger partial charge in [-0.15, -0.1) is 0 Å².